The Morgan fingerprint density at radius 2 is 2.00 bits per heavy atom. The second-order valence-corrected chi connectivity index (χ2v) is 7.84. The minimum Gasteiger partial charge on any atom is -0.352 e. The van der Waals surface area contributed by atoms with Gasteiger partial charge in [0.05, 0.1) is 12.5 Å². The highest BCUT2D eigenvalue weighted by atomic mass is 35.5. The van der Waals surface area contributed by atoms with E-state index in [4.69, 9.17) is 16.6 Å². The van der Waals surface area contributed by atoms with Gasteiger partial charge in [-0.15, -0.1) is 11.3 Å². The van der Waals surface area contributed by atoms with Crippen LogP contribution in [0, 0.1) is 0 Å². The zero-order chi connectivity index (χ0) is 17.6. The minimum atomic E-state index is 0.0209. The number of amides is 1. The maximum absolute atomic E-state index is 12.2. The summed E-state index contributed by atoms with van der Waals surface area (Å²) in [6, 6.07) is 7.97. The molecule has 3 rings (SSSR count). The van der Waals surface area contributed by atoms with Crippen LogP contribution < -0.4 is 10.1 Å². The zero-order valence-corrected chi connectivity index (χ0v) is 16.1. The van der Waals surface area contributed by atoms with Gasteiger partial charge < -0.3 is 9.88 Å². The molecule has 1 aromatic heterocycles. The molecule has 0 radical (unpaired) electrons. The fourth-order valence-corrected chi connectivity index (χ4v) is 4.17. The van der Waals surface area contributed by atoms with Gasteiger partial charge in [0.2, 0.25) is 5.91 Å². The molecule has 1 N–H and O–H groups in total. The van der Waals surface area contributed by atoms with Crippen LogP contribution in [-0.2, 0) is 24.8 Å². The van der Waals surface area contributed by atoms with E-state index < -0.39 is 0 Å². The van der Waals surface area contributed by atoms with Crippen LogP contribution in [0.2, 0.25) is 5.02 Å². The van der Waals surface area contributed by atoms with Crippen molar-refractivity contribution in [3.8, 4) is 0 Å². The molecule has 1 aliphatic rings. The highest BCUT2D eigenvalue weighted by molar-refractivity contribution is 7.07. The van der Waals surface area contributed by atoms with Crippen molar-refractivity contribution in [1.29, 1.82) is 0 Å². The molecule has 134 valence electrons. The Morgan fingerprint density at radius 1 is 1.28 bits per heavy atom. The average Bonchev–Trinajstić information content (AvgIpc) is 2.95. The lowest BCUT2D eigenvalue weighted by molar-refractivity contribution is -0.120. The molecule has 0 spiro atoms. The molecular formula is C19H24ClN3OS. The van der Waals surface area contributed by atoms with Crippen LogP contribution in [0.25, 0.3) is 0 Å². The highest BCUT2D eigenvalue weighted by Gasteiger charge is 2.13. The van der Waals surface area contributed by atoms with E-state index in [-0.39, 0.29) is 5.91 Å². The summed E-state index contributed by atoms with van der Waals surface area (Å²) < 4.78 is 2.06. The summed E-state index contributed by atoms with van der Waals surface area (Å²) in [6.45, 7) is 0.517. The van der Waals surface area contributed by atoms with Crippen LogP contribution in [0.1, 0.15) is 43.4 Å². The summed E-state index contributed by atoms with van der Waals surface area (Å²) in [5.41, 5.74) is 2.05. The predicted molar refractivity (Wildman–Crippen MR) is 103 cm³/mol. The first-order chi connectivity index (χ1) is 12.1. The molecule has 1 aliphatic carbocycles. The number of hydrogen-bond donors (Lipinski definition) is 1. The number of carbonyl (C=O) groups is 1. The summed E-state index contributed by atoms with van der Waals surface area (Å²) in [5.74, 6) is 0.0209. The van der Waals surface area contributed by atoms with Crippen LogP contribution in [0.15, 0.2) is 34.6 Å². The van der Waals surface area contributed by atoms with Crippen molar-refractivity contribution in [3.05, 3.63) is 50.7 Å². The Labute approximate surface area is 157 Å². The van der Waals surface area contributed by atoms with E-state index in [0.29, 0.717) is 24.0 Å². The maximum Gasteiger partial charge on any atom is 0.226 e. The largest absolute Gasteiger partial charge is 0.352 e. The molecule has 0 saturated heterocycles. The molecule has 1 heterocycles. The number of nitrogens with one attached hydrogen (secondary N) is 1. The maximum atomic E-state index is 12.2. The minimum absolute atomic E-state index is 0.0209. The molecule has 0 atom stereocenters. The monoisotopic (exact) mass is 377 g/mol. The predicted octanol–water partition coefficient (Wildman–Crippen LogP) is 3.83. The van der Waals surface area contributed by atoms with Crippen molar-refractivity contribution in [2.24, 2.45) is 12.0 Å². The molecule has 1 saturated carbocycles. The van der Waals surface area contributed by atoms with E-state index in [2.05, 4.69) is 9.88 Å². The van der Waals surface area contributed by atoms with E-state index in [1.807, 2.05) is 36.7 Å². The number of benzene rings is 1. The zero-order valence-electron chi connectivity index (χ0n) is 14.5. The standard InChI is InChI=1S/C19H24ClN3OS/c1-23-17(13-25-19(23)22-16-5-3-2-4-6-16)11-18(24)21-12-14-7-9-15(20)10-8-14/h7-10,13,16H,2-6,11-12H2,1H3,(H,21,24). The van der Waals surface area contributed by atoms with Gasteiger partial charge in [-0.3, -0.25) is 9.79 Å². The van der Waals surface area contributed by atoms with Gasteiger partial charge in [0.15, 0.2) is 4.80 Å². The average molecular weight is 378 g/mol. The summed E-state index contributed by atoms with van der Waals surface area (Å²) in [7, 11) is 2.00. The van der Waals surface area contributed by atoms with Gasteiger partial charge in [0.25, 0.3) is 0 Å². The molecule has 2 aromatic rings. The normalized spacial score (nSPS) is 16.2. The van der Waals surface area contributed by atoms with Crippen LogP contribution in [-0.4, -0.2) is 16.5 Å². The van der Waals surface area contributed by atoms with Crippen molar-refractivity contribution < 1.29 is 4.79 Å². The van der Waals surface area contributed by atoms with Crippen LogP contribution in [0.3, 0.4) is 0 Å². The first kappa shape index (κ1) is 18.2. The smallest absolute Gasteiger partial charge is 0.226 e. The third kappa shape index (κ3) is 5.19. The van der Waals surface area contributed by atoms with E-state index in [9.17, 15) is 4.79 Å². The Hall–Kier alpha value is -1.59. The van der Waals surface area contributed by atoms with Gasteiger partial charge >= 0.3 is 0 Å². The van der Waals surface area contributed by atoms with Gasteiger partial charge in [-0.05, 0) is 30.5 Å². The molecule has 1 amide bonds. The van der Waals surface area contributed by atoms with E-state index in [0.717, 1.165) is 16.1 Å². The van der Waals surface area contributed by atoms with Gasteiger partial charge in [-0.25, -0.2) is 0 Å². The molecule has 6 heteroatoms. The number of nitrogens with zero attached hydrogens (tertiary/aromatic N) is 2. The Kier molecular flexibility index (Phi) is 6.32. The first-order valence-corrected chi connectivity index (χ1v) is 10.1. The molecule has 0 unspecified atom stereocenters. The fourth-order valence-electron chi connectivity index (χ4n) is 3.08. The van der Waals surface area contributed by atoms with Crippen LogP contribution >= 0.6 is 22.9 Å². The number of carbonyl (C=O) groups excluding carboxylic acids is 1. The molecule has 1 fully saturated rings. The van der Waals surface area contributed by atoms with E-state index in [1.165, 1.54) is 32.1 Å². The van der Waals surface area contributed by atoms with Crippen LogP contribution in [0.4, 0.5) is 0 Å². The van der Waals surface area contributed by atoms with E-state index >= 15 is 0 Å². The lowest BCUT2D eigenvalue weighted by Crippen LogP contribution is -2.26. The van der Waals surface area contributed by atoms with Gasteiger partial charge in [0, 0.05) is 29.7 Å². The second-order valence-electron chi connectivity index (χ2n) is 6.57. The summed E-state index contributed by atoms with van der Waals surface area (Å²) in [5, 5.41) is 5.71. The first-order valence-electron chi connectivity index (χ1n) is 8.80. The van der Waals surface area contributed by atoms with Crippen molar-refractivity contribution in [3.63, 3.8) is 0 Å². The third-order valence-corrected chi connectivity index (χ3v) is 5.86. The van der Waals surface area contributed by atoms with Crippen LogP contribution in [0.5, 0.6) is 0 Å². The molecular weight excluding hydrogens is 354 g/mol. The molecule has 0 bridgehead atoms. The summed E-state index contributed by atoms with van der Waals surface area (Å²) in [4.78, 5) is 18.1. The van der Waals surface area contributed by atoms with Crippen molar-refractivity contribution in [1.82, 2.24) is 9.88 Å². The Balaban J connectivity index is 1.58. The lowest BCUT2D eigenvalue weighted by atomic mass is 9.96. The summed E-state index contributed by atoms with van der Waals surface area (Å²) in [6.07, 6.45) is 6.65. The second kappa shape index (κ2) is 8.68. The number of rotatable bonds is 5. The molecule has 0 aliphatic heterocycles. The highest BCUT2D eigenvalue weighted by Crippen LogP contribution is 2.20. The van der Waals surface area contributed by atoms with Gasteiger partial charge in [-0.2, -0.15) is 0 Å². The number of halogens is 1. The lowest BCUT2D eigenvalue weighted by Gasteiger charge is -2.16. The quantitative estimate of drug-likeness (QED) is 0.845. The third-order valence-electron chi connectivity index (χ3n) is 4.63. The Morgan fingerprint density at radius 3 is 2.72 bits per heavy atom. The van der Waals surface area contributed by atoms with Crippen molar-refractivity contribution in [2.45, 2.75) is 51.1 Å². The molecule has 4 nitrogen and oxygen atoms in total. The van der Waals surface area contributed by atoms with Crippen molar-refractivity contribution >= 4 is 28.8 Å². The number of hydrogen-bond acceptors (Lipinski definition) is 3. The van der Waals surface area contributed by atoms with Gasteiger partial charge in [0.1, 0.15) is 0 Å². The number of thiazole rings is 1. The summed E-state index contributed by atoms with van der Waals surface area (Å²) >= 11 is 7.50. The van der Waals surface area contributed by atoms with E-state index in [1.54, 1.807) is 11.3 Å². The number of aromatic nitrogens is 1. The fraction of sp³-hybridized carbons (Fsp3) is 0.474. The Bertz CT molecular complexity index is 773. The van der Waals surface area contributed by atoms with Crippen molar-refractivity contribution in [2.75, 3.05) is 0 Å². The molecule has 25 heavy (non-hydrogen) atoms. The SMILES string of the molecule is Cn1c(CC(=O)NCc2ccc(Cl)cc2)csc1=NC1CCCCC1. The topological polar surface area (TPSA) is 46.4 Å². The molecule has 1 aromatic carbocycles. The van der Waals surface area contributed by atoms with Gasteiger partial charge in [-0.1, -0.05) is 43.0 Å².